The van der Waals surface area contributed by atoms with Gasteiger partial charge in [-0.15, -0.1) is 11.3 Å². The van der Waals surface area contributed by atoms with Crippen molar-refractivity contribution in [3.63, 3.8) is 0 Å². The van der Waals surface area contributed by atoms with Gasteiger partial charge in [-0.05, 0) is 30.0 Å². The van der Waals surface area contributed by atoms with Gasteiger partial charge in [0.25, 0.3) is 0 Å². The van der Waals surface area contributed by atoms with Gasteiger partial charge in [0.15, 0.2) is 0 Å². The highest BCUT2D eigenvalue weighted by Crippen LogP contribution is 2.32. The zero-order valence-electron chi connectivity index (χ0n) is 11.0. The summed E-state index contributed by atoms with van der Waals surface area (Å²) in [6, 6.07) is 7.07. The Bertz CT molecular complexity index is 614. The van der Waals surface area contributed by atoms with E-state index in [4.69, 9.17) is 17.3 Å². The van der Waals surface area contributed by atoms with Crippen molar-refractivity contribution in [1.82, 2.24) is 0 Å². The number of carboxylic acid groups (broad SMARTS) is 1. The van der Waals surface area contributed by atoms with Crippen LogP contribution >= 0.6 is 22.9 Å². The molecule has 1 aromatic heterocycles. The van der Waals surface area contributed by atoms with Crippen molar-refractivity contribution >= 4 is 40.3 Å². The van der Waals surface area contributed by atoms with Crippen LogP contribution in [0.3, 0.4) is 0 Å². The molecule has 1 heterocycles. The molecule has 0 amide bonds. The van der Waals surface area contributed by atoms with Crippen LogP contribution in [0.15, 0.2) is 29.6 Å². The zero-order chi connectivity index (χ0) is 14.7. The van der Waals surface area contributed by atoms with Crippen LogP contribution in [0.4, 0.5) is 11.4 Å². The van der Waals surface area contributed by atoms with Gasteiger partial charge < -0.3 is 15.7 Å². The molecule has 0 saturated carbocycles. The van der Waals surface area contributed by atoms with E-state index in [1.165, 1.54) is 10.9 Å². The molecule has 0 radical (unpaired) electrons. The van der Waals surface area contributed by atoms with Crippen LogP contribution in [0, 0.1) is 0 Å². The smallest absolute Gasteiger partial charge is 0.337 e. The SMILES string of the molecule is CN(CCc1cccs1)c1c(Cl)cc(N)cc1C(=O)O. The fourth-order valence-electron chi connectivity index (χ4n) is 2.02. The lowest BCUT2D eigenvalue weighted by Crippen LogP contribution is -2.23. The molecule has 3 N–H and O–H groups in total. The molecule has 2 aromatic rings. The minimum atomic E-state index is -1.03. The number of carboxylic acids is 1. The highest BCUT2D eigenvalue weighted by molar-refractivity contribution is 7.09. The van der Waals surface area contributed by atoms with Crippen molar-refractivity contribution in [3.05, 3.63) is 45.1 Å². The first-order valence-corrected chi connectivity index (χ1v) is 7.30. The third-order valence-electron chi connectivity index (χ3n) is 2.97. The number of likely N-dealkylation sites (N-methyl/N-ethyl adjacent to an activating group) is 1. The minimum Gasteiger partial charge on any atom is -0.478 e. The quantitative estimate of drug-likeness (QED) is 0.831. The lowest BCUT2D eigenvalue weighted by atomic mass is 10.1. The molecule has 0 aliphatic heterocycles. The molecule has 0 unspecified atom stereocenters. The van der Waals surface area contributed by atoms with Crippen LogP contribution in [-0.2, 0) is 6.42 Å². The standard InChI is InChI=1S/C14H15ClN2O2S/c1-17(5-4-10-3-2-6-20-10)13-11(14(18)19)7-9(16)8-12(13)15/h2-3,6-8H,4-5,16H2,1H3,(H,18,19). The molecule has 106 valence electrons. The number of nitrogen functional groups attached to an aromatic ring is 1. The Hall–Kier alpha value is -1.72. The number of thiophene rings is 1. The summed E-state index contributed by atoms with van der Waals surface area (Å²) in [5, 5.41) is 11.7. The maximum Gasteiger partial charge on any atom is 0.337 e. The Balaban J connectivity index is 2.24. The zero-order valence-corrected chi connectivity index (χ0v) is 12.5. The second kappa shape index (κ2) is 6.15. The molecule has 0 saturated heterocycles. The first-order chi connectivity index (χ1) is 9.49. The van der Waals surface area contributed by atoms with Gasteiger partial charge >= 0.3 is 5.97 Å². The topological polar surface area (TPSA) is 66.6 Å². The Morgan fingerprint density at radius 1 is 1.50 bits per heavy atom. The maximum atomic E-state index is 11.3. The van der Waals surface area contributed by atoms with E-state index in [-0.39, 0.29) is 5.56 Å². The van der Waals surface area contributed by atoms with Gasteiger partial charge in [-0.1, -0.05) is 17.7 Å². The minimum absolute atomic E-state index is 0.128. The lowest BCUT2D eigenvalue weighted by molar-refractivity contribution is 0.0697. The van der Waals surface area contributed by atoms with E-state index >= 15 is 0 Å². The Morgan fingerprint density at radius 3 is 2.85 bits per heavy atom. The van der Waals surface area contributed by atoms with Crippen molar-refractivity contribution in [1.29, 1.82) is 0 Å². The van der Waals surface area contributed by atoms with Gasteiger partial charge in [0.1, 0.15) is 0 Å². The fourth-order valence-corrected chi connectivity index (χ4v) is 3.09. The summed E-state index contributed by atoms with van der Waals surface area (Å²) in [4.78, 5) is 14.4. The normalized spacial score (nSPS) is 10.5. The van der Waals surface area contributed by atoms with Crippen molar-refractivity contribution in [2.75, 3.05) is 24.2 Å². The van der Waals surface area contributed by atoms with Crippen LogP contribution < -0.4 is 10.6 Å². The third-order valence-corrected chi connectivity index (χ3v) is 4.20. The van der Waals surface area contributed by atoms with E-state index in [1.807, 2.05) is 23.4 Å². The lowest BCUT2D eigenvalue weighted by Gasteiger charge is -2.22. The Morgan fingerprint density at radius 2 is 2.25 bits per heavy atom. The highest BCUT2D eigenvalue weighted by Gasteiger charge is 2.18. The summed E-state index contributed by atoms with van der Waals surface area (Å²) in [6.07, 6.45) is 0.841. The molecule has 0 fully saturated rings. The summed E-state index contributed by atoms with van der Waals surface area (Å²) >= 11 is 7.83. The average molecular weight is 311 g/mol. The average Bonchev–Trinajstić information content (AvgIpc) is 2.88. The fraction of sp³-hybridized carbons (Fsp3) is 0.214. The molecule has 20 heavy (non-hydrogen) atoms. The molecular weight excluding hydrogens is 296 g/mol. The number of carbonyl (C=O) groups is 1. The number of aromatic carboxylic acids is 1. The van der Waals surface area contributed by atoms with Crippen LogP contribution in [0.1, 0.15) is 15.2 Å². The van der Waals surface area contributed by atoms with Gasteiger partial charge in [0, 0.05) is 24.2 Å². The number of hydrogen-bond donors (Lipinski definition) is 2. The molecule has 0 aliphatic rings. The van der Waals surface area contributed by atoms with E-state index in [2.05, 4.69) is 6.07 Å². The monoisotopic (exact) mass is 310 g/mol. The van der Waals surface area contributed by atoms with E-state index in [0.717, 1.165) is 6.42 Å². The first-order valence-electron chi connectivity index (χ1n) is 6.05. The summed E-state index contributed by atoms with van der Waals surface area (Å²) in [5.74, 6) is -1.03. The number of hydrogen-bond acceptors (Lipinski definition) is 4. The molecule has 4 nitrogen and oxygen atoms in total. The number of nitrogens with zero attached hydrogens (tertiary/aromatic N) is 1. The van der Waals surface area contributed by atoms with E-state index in [0.29, 0.717) is 22.9 Å². The third kappa shape index (κ3) is 3.23. The van der Waals surface area contributed by atoms with Crippen LogP contribution in [0.5, 0.6) is 0 Å². The Labute approximate surface area is 126 Å². The van der Waals surface area contributed by atoms with Crippen LogP contribution in [0.2, 0.25) is 5.02 Å². The summed E-state index contributed by atoms with van der Waals surface area (Å²) < 4.78 is 0. The van der Waals surface area contributed by atoms with Crippen molar-refractivity contribution < 1.29 is 9.90 Å². The largest absolute Gasteiger partial charge is 0.478 e. The van der Waals surface area contributed by atoms with E-state index in [9.17, 15) is 9.90 Å². The van der Waals surface area contributed by atoms with Gasteiger partial charge in [0.05, 0.1) is 16.3 Å². The summed E-state index contributed by atoms with van der Waals surface area (Å²) in [7, 11) is 1.83. The highest BCUT2D eigenvalue weighted by atomic mass is 35.5. The molecule has 0 bridgehead atoms. The Kier molecular flexibility index (Phi) is 4.52. The second-order valence-electron chi connectivity index (χ2n) is 4.45. The molecule has 2 rings (SSSR count). The van der Waals surface area contributed by atoms with Crippen molar-refractivity contribution in [2.45, 2.75) is 6.42 Å². The predicted molar refractivity (Wildman–Crippen MR) is 84.1 cm³/mol. The van der Waals surface area contributed by atoms with Crippen molar-refractivity contribution in [3.8, 4) is 0 Å². The van der Waals surface area contributed by atoms with Crippen LogP contribution in [0.25, 0.3) is 0 Å². The molecule has 0 atom stereocenters. The number of halogens is 1. The number of nitrogens with two attached hydrogens (primary N) is 1. The number of benzene rings is 1. The molecular formula is C14H15ClN2O2S. The second-order valence-corrected chi connectivity index (χ2v) is 5.89. The number of rotatable bonds is 5. The van der Waals surface area contributed by atoms with Crippen LogP contribution in [-0.4, -0.2) is 24.7 Å². The van der Waals surface area contributed by atoms with Crippen molar-refractivity contribution in [2.24, 2.45) is 0 Å². The molecule has 0 spiro atoms. The maximum absolute atomic E-state index is 11.3. The van der Waals surface area contributed by atoms with E-state index in [1.54, 1.807) is 17.4 Å². The van der Waals surface area contributed by atoms with Gasteiger partial charge in [-0.25, -0.2) is 4.79 Å². The van der Waals surface area contributed by atoms with E-state index < -0.39 is 5.97 Å². The molecule has 0 aliphatic carbocycles. The van der Waals surface area contributed by atoms with Gasteiger partial charge in [0.2, 0.25) is 0 Å². The first kappa shape index (κ1) is 14.7. The molecule has 6 heteroatoms. The number of anilines is 2. The predicted octanol–water partition coefficient (Wildman–Crippen LogP) is 3.36. The van der Waals surface area contributed by atoms with Gasteiger partial charge in [-0.2, -0.15) is 0 Å². The summed E-state index contributed by atoms with van der Waals surface area (Å²) in [6.45, 7) is 0.685. The molecule has 1 aromatic carbocycles. The summed E-state index contributed by atoms with van der Waals surface area (Å²) in [5.41, 5.74) is 6.64. The van der Waals surface area contributed by atoms with Gasteiger partial charge in [-0.3, -0.25) is 0 Å².